The van der Waals surface area contributed by atoms with Gasteiger partial charge >= 0.3 is 15.6 Å². The average molecular weight is 318 g/mol. The molecule has 0 aliphatic heterocycles. The van der Waals surface area contributed by atoms with Crippen LogP contribution in [0.3, 0.4) is 0 Å². The maximum atomic E-state index is 12.2. The summed E-state index contributed by atoms with van der Waals surface area (Å²) < 4.78 is 72.7. The molecule has 1 rings (SSSR count). The quantitative estimate of drug-likeness (QED) is 0.555. The lowest BCUT2D eigenvalue weighted by Crippen LogP contribution is -2.34. The van der Waals surface area contributed by atoms with Crippen molar-refractivity contribution in [3.05, 3.63) is 11.8 Å². The van der Waals surface area contributed by atoms with Gasteiger partial charge in [0.2, 0.25) is 0 Å². The van der Waals surface area contributed by atoms with E-state index in [1.807, 2.05) is 0 Å². The molecule has 0 radical (unpaired) electrons. The summed E-state index contributed by atoms with van der Waals surface area (Å²) in [5, 5.41) is 0. The van der Waals surface area contributed by atoms with Crippen LogP contribution >= 0.6 is 0 Å². The minimum Gasteiger partial charge on any atom is -0.384 e. The van der Waals surface area contributed by atoms with Crippen LogP contribution in [0.25, 0.3) is 0 Å². The fraction of sp³-hybridized carbons (Fsp3) is 0.818. The molecule has 0 bridgehead atoms. The summed E-state index contributed by atoms with van der Waals surface area (Å²) in [5.74, 6) is -0.190. The van der Waals surface area contributed by atoms with Gasteiger partial charge in [-0.2, -0.15) is 21.6 Å². The van der Waals surface area contributed by atoms with E-state index < -0.39 is 15.6 Å². The Morgan fingerprint density at radius 3 is 2.15 bits per heavy atom. The maximum Gasteiger partial charge on any atom is 0.534 e. The van der Waals surface area contributed by atoms with Gasteiger partial charge in [-0.15, -0.1) is 0 Å². The molecule has 0 aromatic carbocycles. The van der Waals surface area contributed by atoms with Gasteiger partial charge in [-0.25, -0.2) is 0 Å². The number of rotatable bonds is 6. The molecule has 0 N–H and O–H groups in total. The van der Waals surface area contributed by atoms with Gasteiger partial charge in [-0.05, 0) is 18.9 Å². The molecule has 0 saturated heterocycles. The van der Waals surface area contributed by atoms with Gasteiger partial charge in [0.05, 0.1) is 13.2 Å². The molecule has 0 aromatic heterocycles. The third-order valence-corrected chi connectivity index (χ3v) is 4.07. The first-order chi connectivity index (χ1) is 9.16. The monoisotopic (exact) mass is 318 g/mol. The Balaban J connectivity index is 2.77. The first-order valence-electron chi connectivity index (χ1n) is 5.83. The number of hydrogen-bond donors (Lipinski definition) is 0. The molecule has 1 aliphatic carbocycles. The number of methoxy groups -OCH3 is 2. The minimum atomic E-state index is -5.59. The van der Waals surface area contributed by atoms with Crippen molar-refractivity contribution in [3.8, 4) is 0 Å². The molecule has 0 heterocycles. The normalized spacial score (nSPS) is 19.6. The van der Waals surface area contributed by atoms with Gasteiger partial charge in [-0.1, -0.05) is 0 Å². The highest BCUT2D eigenvalue weighted by molar-refractivity contribution is 7.87. The number of ether oxygens (including phenoxy) is 2. The topological polar surface area (TPSA) is 61.8 Å². The Bertz CT molecular complexity index is 449. The van der Waals surface area contributed by atoms with Gasteiger partial charge in [0.25, 0.3) is 0 Å². The summed E-state index contributed by atoms with van der Waals surface area (Å²) in [6.07, 6.45) is 2.19. The fourth-order valence-corrected chi connectivity index (χ4v) is 2.63. The molecule has 9 heteroatoms. The highest BCUT2D eigenvalue weighted by atomic mass is 32.2. The van der Waals surface area contributed by atoms with Crippen LogP contribution in [0.4, 0.5) is 13.2 Å². The summed E-state index contributed by atoms with van der Waals surface area (Å²) in [4.78, 5) is 0. The predicted octanol–water partition coefficient (Wildman–Crippen LogP) is 2.20. The summed E-state index contributed by atoms with van der Waals surface area (Å²) in [6.45, 7) is 0.743. The van der Waals surface area contributed by atoms with Crippen molar-refractivity contribution in [2.75, 3.05) is 27.4 Å². The van der Waals surface area contributed by atoms with Crippen LogP contribution in [0, 0.1) is 5.41 Å². The molecule has 0 fully saturated rings. The molecule has 0 unspecified atom stereocenters. The molecular weight excluding hydrogens is 301 g/mol. The van der Waals surface area contributed by atoms with Crippen molar-refractivity contribution in [3.63, 3.8) is 0 Å². The van der Waals surface area contributed by atoms with Crippen LogP contribution < -0.4 is 0 Å². The average Bonchev–Trinajstić information content (AvgIpc) is 2.31. The van der Waals surface area contributed by atoms with Crippen molar-refractivity contribution >= 4 is 10.1 Å². The second-order valence-corrected chi connectivity index (χ2v) is 6.26. The zero-order valence-electron chi connectivity index (χ0n) is 11.2. The van der Waals surface area contributed by atoms with Crippen molar-refractivity contribution in [1.82, 2.24) is 0 Å². The van der Waals surface area contributed by atoms with Gasteiger partial charge < -0.3 is 13.7 Å². The van der Waals surface area contributed by atoms with Crippen molar-refractivity contribution in [2.45, 2.75) is 24.8 Å². The smallest absolute Gasteiger partial charge is 0.384 e. The van der Waals surface area contributed by atoms with Gasteiger partial charge in [0.1, 0.15) is 5.76 Å². The van der Waals surface area contributed by atoms with Crippen LogP contribution in [-0.4, -0.2) is 41.4 Å². The Labute approximate surface area is 115 Å². The molecule has 0 saturated carbocycles. The van der Waals surface area contributed by atoms with Crippen molar-refractivity contribution in [2.24, 2.45) is 5.41 Å². The summed E-state index contributed by atoms with van der Waals surface area (Å²) >= 11 is 0. The summed E-state index contributed by atoms with van der Waals surface area (Å²) in [5.41, 5.74) is -5.78. The Kier molecular flexibility index (Phi) is 5.45. The lowest BCUT2D eigenvalue weighted by Gasteiger charge is -2.34. The van der Waals surface area contributed by atoms with E-state index in [-0.39, 0.29) is 17.6 Å². The van der Waals surface area contributed by atoms with Crippen LogP contribution in [0.15, 0.2) is 11.8 Å². The number of halogens is 3. The zero-order valence-corrected chi connectivity index (χ0v) is 12.0. The number of allylic oxidation sites excluding steroid dienone is 2. The summed E-state index contributed by atoms with van der Waals surface area (Å²) in [6, 6.07) is 0. The third-order valence-electron chi connectivity index (χ3n) is 3.07. The first-order valence-corrected chi connectivity index (χ1v) is 7.24. The zero-order chi connectivity index (χ0) is 15.4. The Morgan fingerprint density at radius 2 is 1.80 bits per heavy atom. The molecule has 0 aromatic rings. The molecule has 0 amide bonds. The van der Waals surface area contributed by atoms with Crippen LogP contribution in [-0.2, 0) is 23.8 Å². The van der Waals surface area contributed by atoms with Crippen molar-refractivity contribution in [1.29, 1.82) is 0 Å². The van der Waals surface area contributed by atoms with E-state index >= 15 is 0 Å². The van der Waals surface area contributed by atoms with Crippen molar-refractivity contribution < 1.29 is 35.2 Å². The predicted molar refractivity (Wildman–Crippen MR) is 64.2 cm³/mol. The molecule has 118 valence electrons. The van der Waals surface area contributed by atoms with E-state index in [2.05, 4.69) is 4.18 Å². The molecule has 20 heavy (non-hydrogen) atoms. The highest BCUT2D eigenvalue weighted by Gasteiger charge is 2.49. The Hall–Kier alpha value is -0.800. The van der Waals surface area contributed by atoms with Crippen LogP contribution in [0.2, 0.25) is 0 Å². The van der Waals surface area contributed by atoms with Gasteiger partial charge in [-0.3, -0.25) is 0 Å². The second kappa shape index (κ2) is 6.31. The number of hydrogen-bond acceptors (Lipinski definition) is 5. The maximum absolute atomic E-state index is 12.2. The largest absolute Gasteiger partial charge is 0.534 e. The van der Waals surface area contributed by atoms with Crippen LogP contribution in [0.5, 0.6) is 0 Å². The lowest BCUT2D eigenvalue weighted by molar-refractivity contribution is -0.0529. The van der Waals surface area contributed by atoms with E-state index in [1.54, 1.807) is 0 Å². The van der Waals surface area contributed by atoms with E-state index in [9.17, 15) is 21.6 Å². The van der Waals surface area contributed by atoms with E-state index in [4.69, 9.17) is 9.47 Å². The standard InChI is InChI=1S/C11H17F3O5S/c1-17-7-10(8-18-2)5-3-9(4-6-10)19-20(15,16)11(12,13)14/h3H,4-8H2,1-2H3. The SMILES string of the molecule is COCC1(COC)CC=C(OS(=O)(=O)C(F)(F)F)CC1. The minimum absolute atomic E-state index is 0.0853. The second-order valence-electron chi connectivity index (χ2n) is 4.72. The molecule has 0 atom stereocenters. The van der Waals surface area contributed by atoms with E-state index in [0.29, 0.717) is 26.1 Å². The van der Waals surface area contributed by atoms with Gasteiger partial charge in [0, 0.05) is 26.1 Å². The van der Waals surface area contributed by atoms with E-state index in [0.717, 1.165) is 0 Å². The highest BCUT2D eigenvalue weighted by Crippen LogP contribution is 2.38. The van der Waals surface area contributed by atoms with Gasteiger partial charge in [0.15, 0.2) is 0 Å². The fourth-order valence-electron chi connectivity index (χ4n) is 2.10. The van der Waals surface area contributed by atoms with Crippen LogP contribution in [0.1, 0.15) is 19.3 Å². The number of alkyl halides is 3. The molecular formula is C11H17F3O5S. The summed E-state index contributed by atoms with van der Waals surface area (Å²) in [7, 11) is -2.56. The molecule has 5 nitrogen and oxygen atoms in total. The molecule has 1 aliphatic rings. The molecule has 0 spiro atoms. The van der Waals surface area contributed by atoms with E-state index in [1.165, 1.54) is 20.3 Å². The lowest BCUT2D eigenvalue weighted by atomic mass is 9.78. The Morgan fingerprint density at radius 1 is 1.25 bits per heavy atom. The first kappa shape index (κ1) is 17.3. The third kappa shape index (κ3) is 4.10.